The van der Waals surface area contributed by atoms with E-state index in [1.54, 1.807) is 12.4 Å². The van der Waals surface area contributed by atoms with E-state index < -0.39 is 0 Å². The third-order valence-corrected chi connectivity index (χ3v) is 5.54. The molecular weight excluding hydrogens is 408 g/mol. The fraction of sp³-hybridized carbons (Fsp3) is 0.474. The van der Waals surface area contributed by atoms with Crippen LogP contribution in [-0.2, 0) is 0 Å². The molecule has 0 aromatic carbocycles. The Morgan fingerprint density at radius 1 is 0.963 bits per heavy atom. The number of aromatic nitrogens is 3. The number of carbonyl (C=O) groups excluding carboxylic acids is 1. The molecule has 27 heavy (non-hydrogen) atoms. The van der Waals surface area contributed by atoms with E-state index in [2.05, 4.69) is 35.7 Å². The number of amides is 1. The summed E-state index contributed by atoms with van der Waals surface area (Å²) in [6.07, 6.45) is 8.85. The SMILES string of the molecule is O=C(c1cncc(Br)c1)N1CCN(c2ccnc(N3CCCCC3)n2)CC1. The lowest BCUT2D eigenvalue weighted by Crippen LogP contribution is -2.49. The lowest BCUT2D eigenvalue weighted by atomic mass is 10.1. The number of hydrogen-bond donors (Lipinski definition) is 0. The van der Waals surface area contributed by atoms with Crippen LogP contribution < -0.4 is 9.80 Å². The highest BCUT2D eigenvalue weighted by atomic mass is 79.9. The zero-order valence-corrected chi connectivity index (χ0v) is 16.8. The molecule has 0 unspecified atom stereocenters. The summed E-state index contributed by atoms with van der Waals surface area (Å²) in [5.41, 5.74) is 0.618. The van der Waals surface area contributed by atoms with Crippen LogP contribution in [0.3, 0.4) is 0 Å². The molecule has 2 fully saturated rings. The van der Waals surface area contributed by atoms with E-state index in [-0.39, 0.29) is 5.91 Å². The van der Waals surface area contributed by atoms with Gasteiger partial charge in [-0.1, -0.05) is 0 Å². The van der Waals surface area contributed by atoms with Crippen molar-refractivity contribution in [2.45, 2.75) is 19.3 Å². The number of pyridine rings is 1. The van der Waals surface area contributed by atoms with E-state index in [1.165, 1.54) is 19.3 Å². The van der Waals surface area contributed by atoms with Crippen LogP contribution in [0, 0.1) is 0 Å². The molecule has 0 aliphatic carbocycles. The molecule has 0 saturated carbocycles. The molecule has 142 valence electrons. The van der Waals surface area contributed by atoms with E-state index in [0.29, 0.717) is 18.7 Å². The maximum atomic E-state index is 12.7. The van der Waals surface area contributed by atoms with Crippen molar-refractivity contribution in [3.8, 4) is 0 Å². The molecular formula is C19H23BrN6O. The van der Waals surface area contributed by atoms with Crippen LogP contribution in [0.2, 0.25) is 0 Å². The van der Waals surface area contributed by atoms with Crippen LogP contribution in [-0.4, -0.2) is 65.0 Å². The first kappa shape index (κ1) is 18.2. The van der Waals surface area contributed by atoms with Crippen molar-refractivity contribution in [3.63, 3.8) is 0 Å². The minimum Gasteiger partial charge on any atom is -0.353 e. The van der Waals surface area contributed by atoms with E-state index in [9.17, 15) is 4.79 Å². The van der Waals surface area contributed by atoms with E-state index in [0.717, 1.165) is 42.4 Å². The van der Waals surface area contributed by atoms with Crippen molar-refractivity contribution in [3.05, 3.63) is 40.8 Å². The average Bonchev–Trinajstić information content (AvgIpc) is 2.74. The molecule has 0 spiro atoms. The van der Waals surface area contributed by atoms with Crippen LogP contribution in [0.5, 0.6) is 0 Å². The predicted molar refractivity (Wildman–Crippen MR) is 108 cm³/mol. The van der Waals surface area contributed by atoms with Gasteiger partial charge in [0.2, 0.25) is 5.95 Å². The summed E-state index contributed by atoms with van der Waals surface area (Å²) < 4.78 is 0.818. The van der Waals surface area contributed by atoms with Gasteiger partial charge in [-0.2, -0.15) is 4.98 Å². The Bertz CT molecular complexity index is 802. The second-order valence-corrected chi connectivity index (χ2v) is 7.85. The van der Waals surface area contributed by atoms with Gasteiger partial charge in [-0.05, 0) is 47.3 Å². The average molecular weight is 431 g/mol. The summed E-state index contributed by atoms with van der Waals surface area (Å²) in [6, 6.07) is 3.78. The summed E-state index contributed by atoms with van der Waals surface area (Å²) in [7, 11) is 0. The molecule has 0 radical (unpaired) electrons. The molecule has 2 aromatic rings. The minimum atomic E-state index is 0.0279. The van der Waals surface area contributed by atoms with Crippen molar-refractivity contribution in [1.82, 2.24) is 19.9 Å². The molecule has 2 saturated heterocycles. The van der Waals surface area contributed by atoms with Gasteiger partial charge in [-0.3, -0.25) is 9.78 Å². The fourth-order valence-corrected chi connectivity index (χ4v) is 3.98. The topological polar surface area (TPSA) is 65.5 Å². The Hall–Kier alpha value is -2.22. The second kappa shape index (κ2) is 8.21. The number of anilines is 2. The quantitative estimate of drug-likeness (QED) is 0.745. The Balaban J connectivity index is 1.40. The van der Waals surface area contributed by atoms with Gasteiger partial charge in [0.05, 0.1) is 5.56 Å². The van der Waals surface area contributed by atoms with Crippen LogP contribution in [0.25, 0.3) is 0 Å². The van der Waals surface area contributed by atoms with E-state index >= 15 is 0 Å². The summed E-state index contributed by atoms with van der Waals surface area (Å²) in [6.45, 7) is 4.95. The van der Waals surface area contributed by atoms with Crippen LogP contribution in [0.4, 0.5) is 11.8 Å². The fourth-order valence-electron chi connectivity index (χ4n) is 3.61. The molecule has 0 bridgehead atoms. The summed E-state index contributed by atoms with van der Waals surface area (Å²) in [4.78, 5) is 32.4. The molecule has 1 amide bonds. The zero-order valence-electron chi connectivity index (χ0n) is 15.2. The lowest BCUT2D eigenvalue weighted by Gasteiger charge is -2.36. The largest absolute Gasteiger partial charge is 0.353 e. The van der Waals surface area contributed by atoms with Crippen molar-refractivity contribution in [2.24, 2.45) is 0 Å². The second-order valence-electron chi connectivity index (χ2n) is 6.93. The van der Waals surface area contributed by atoms with Gasteiger partial charge >= 0.3 is 0 Å². The van der Waals surface area contributed by atoms with E-state index in [1.807, 2.05) is 23.2 Å². The predicted octanol–water partition coefficient (Wildman–Crippen LogP) is 2.59. The molecule has 4 rings (SSSR count). The third kappa shape index (κ3) is 4.21. The van der Waals surface area contributed by atoms with Gasteiger partial charge in [0.15, 0.2) is 0 Å². The zero-order chi connectivity index (χ0) is 18.6. The minimum absolute atomic E-state index is 0.0279. The standard InChI is InChI=1S/C19H23BrN6O/c20-16-12-15(13-21-14-16)18(27)25-10-8-24(9-11-25)17-4-5-22-19(23-17)26-6-2-1-3-7-26/h4-5,12-14H,1-3,6-11H2. The third-order valence-electron chi connectivity index (χ3n) is 5.11. The highest BCUT2D eigenvalue weighted by molar-refractivity contribution is 9.10. The maximum absolute atomic E-state index is 12.7. The molecule has 8 heteroatoms. The van der Waals surface area contributed by atoms with Gasteiger partial charge in [0.25, 0.3) is 5.91 Å². The highest BCUT2D eigenvalue weighted by Crippen LogP contribution is 2.20. The number of piperazine rings is 1. The smallest absolute Gasteiger partial charge is 0.255 e. The number of piperidine rings is 1. The summed E-state index contributed by atoms with van der Waals surface area (Å²) >= 11 is 3.37. The maximum Gasteiger partial charge on any atom is 0.255 e. The van der Waals surface area contributed by atoms with Crippen LogP contribution in [0.1, 0.15) is 29.6 Å². The summed E-state index contributed by atoms with van der Waals surface area (Å²) in [5, 5.41) is 0. The molecule has 2 aliphatic heterocycles. The Kier molecular flexibility index (Phi) is 5.52. The highest BCUT2D eigenvalue weighted by Gasteiger charge is 2.24. The Morgan fingerprint density at radius 2 is 1.74 bits per heavy atom. The molecule has 7 nitrogen and oxygen atoms in total. The monoisotopic (exact) mass is 430 g/mol. The van der Waals surface area contributed by atoms with Crippen molar-refractivity contribution in [1.29, 1.82) is 0 Å². The molecule has 2 aliphatic rings. The van der Waals surface area contributed by atoms with Crippen molar-refractivity contribution < 1.29 is 4.79 Å². The van der Waals surface area contributed by atoms with Crippen LogP contribution >= 0.6 is 15.9 Å². The molecule has 0 N–H and O–H groups in total. The van der Waals surface area contributed by atoms with Crippen molar-refractivity contribution >= 4 is 33.6 Å². The Labute approximate surface area is 167 Å². The first-order valence-electron chi connectivity index (χ1n) is 9.43. The Morgan fingerprint density at radius 3 is 2.48 bits per heavy atom. The first-order chi connectivity index (χ1) is 13.2. The van der Waals surface area contributed by atoms with E-state index in [4.69, 9.17) is 4.98 Å². The number of halogens is 1. The van der Waals surface area contributed by atoms with Crippen LogP contribution in [0.15, 0.2) is 35.2 Å². The number of hydrogen-bond acceptors (Lipinski definition) is 6. The number of rotatable bonds is 3. The number of nitrogens with zero attached hydrogens (tertiary/aromatic N) is 6. The normalized spacial score (nSPS) is 17.9. The molecule has 4 heterocycles. The van der Waals surface area contributed by atoms with Crippen molar-refractivity contribution in [2.75, 3.05) is 49.1 Å². The summed E-state index contributed by atoms with van der Waals surface area (Å²) in [5.74, 6) is 1.80. The lowest BCUT2D eigenvalue weighted by molar-refractivity contribution is 0.0746. The van der Waals surface area contributed by atoms with Gasteiger partial charge in [0.1, 0.15) is 5.82 Å². The first-order valence-corrected chi connectivity index (χ1v) is 10.2. The van der Waals surface area contributed by atoms with Gasteiger partial charge in [-0.15, -0.1) is 0 Å². The van der Waals surface area contributed by atoms with Gasteiger partial charge in [-0.25, -0.2) is 4.98 Å². The van der Waals surface area contributed by atoms with Gasteiger partial charge in [0, 0.05) is 62.3 Å². The van der Waals surface area contributed by atoms with Gasteiger partial charge < -0.3 is 14.7 Å². The molecule has 2 aromatic heterocycles. The molecule has 0 atom stereocenters. The number of carbonyl (C=O) groups is 1.